The molecule has 2 rings (SSSR count). The maximum absolute atomic E-state index is 13.8. The molecule has 21 heavy (non-hydrogen) atoms. The van der Waals surface area contributed by atoms with Gasteiger partial charge in [-0.05, 0) is 43.7 Å². The van der Waals surface area contributed by atoms with Crippen LogP contribution in [0.3, 0.4) is 0 Å². The molecule has 1 aliphatic rings. The second-order valence-corrected chi connectivity index (χ2v) is 6.92. The van der Waals surface area contributed by atoms with Crippen molar-refractivity contribution in [3.63, 3.8) is 0 Å². The van der Waals surface area contributed by atoms with Crippen LogP contribution in [0.25, 0.3) is 0 Å². The van der Waals surface area contributed by atoms with E-state index in [1.165, 1.54) is 18.6 Å². The lowest BCUT2D eigenvalue weighted by Gasteiger charge is -2.22. The average Bonchev–Trinajstić information content (AvgIpc) is 2.91. The van der Waals surface area contributed by atoms with Crippen molar-refractivity contribution in [1.82, 2.24) is 5.32 Å². The minimum atomic E-state index is -0.551. The smallest absolute Gasteiger partial charge is 0.251 e. The molecule has 0 aromatic heterocycles. The van der Waals surface area contributed by atoms with Crippen molar-refractivity contribution in [1.29, 1.82) is 0 Å². The van der Waals surface area contributed by atoms with Crippen LogP contribution in [0.5, 0.6) is 0 Å². The Morgan fingerprint density at radius 2 is 2.38 bits per heavy atom. The summed E-state index contributed by atoms with van der Waals surface area (Å²) in [5.41, 5.74) is 0.465. The van der Waals surface area contributed by atoms with E-state index in [4.69, 9.17) is 5.11 Å². The summed E-state index contributed by atoms with van der Waals surface area (Å²) < 4.78 is 13.9. The fourth-order valence-corrected chi connectivity index (χ4v) is 3.48. The Morgan fingerprint density at radius 1 is 1.57 bits per heavy atom. The number of nitrogens with one attached hydrogen (secondary N) is 1. The summed E-state index contributed by atoms with van der Waals surface area (Å²) >= 11 is 1.87. The maximum Gasteiger partial charge on any atom is 0.251 e. The summed E-state index contributed by atoms with van der Waals surface area (Å²) in [6.45, 7) is 2.40. The molecule has 0 saturated carbocycles. The molecule has 1 aromatic carbocycles. The third-order valence-electron chi connectivity index (χ3n) is 3.46. The van der Waals surface area contributed by atoms with E-state index in [1.807, 2.05) is 11.8 Å². The van der Waals surface area contributed by atoms with Crippen molar-refractivity contribution >= 4 is 17.7 Å². The molecule has 1 amide bonds. The summed E-state index contributed by atoms with van der Waals surface area (Å²) in [6.07, 6.45) is 2.26. The molecule has 1 fully saturated rings. The molecule has 2 N–H and O–H groups in total. The van der Waals surface area contributed by atoms with E-state index >= 15 is 0 Å². The van der Waals surface area contributed by atoms with Crippen molar-refractivity contribution in [2.24, 2.45) is 0 Å². The predicted octanol–water partition coefficient (Wildman–Crippen LogP) is 2.19. The number of hydrogen-bond acceptors (Lipinski definition) is 3. The third-order valence-corrected chi connectivity index (χ3v) is 4.99. The molecule has 1 aromatic rings. The Morgan fingerprint density at radius 3 is 3.00 bits per heavy atom. The number of carbonyl (C=O) groups excluding carboxylic acids is 1. The second-order valence-electron chi connectivity index (χ2n) is 5.24. The van der Waals surface area contributed by atoms with Gasteiger partial charge in [0.15, 0.2) is 0 Å². The molecule has 0 radical (unpaired) electrons. The quantitative estimate of drug-likeness (QED) is 0.842. The number of aliphatic hydroxyl groups is 1. The number of halogens is 1. The topological polar surface area (TPSA) is 49.3 Å². The first-order valence-electron chi connectivity index (χ1n) is 6.85. The van der Waals surface area contributed by atoms with Crippen LogP contribution >= 0.6 is 11.8 Å². The van der Waals surface area contributed by atoms with Crippen molar-refractivity contribution in [3.05, 3.63) is 35.1 Å². The van der Waals surface area contributed by atoms with Crippen LogP contribution in [0.4, 0.5) is 4.39 Å². The zero-order chi connectivity index (χ0) is 15.3. The molecule has 5 heteroatoms. The first-order chi connectivity index (χ1) is 10.0. The Balaban J connectivity index is 2.01. The normalized spacial score (nSPS) is 20.7. The van der Waals surface area contributed by atoms with Gasteiger partial charge in [-0.1, -0.05) is 11.8 Å². The molecule has 1 saturated heterocycles. The highest BCUT2D eigenvalue weighted by atomic mass is 32.2. The molecule has 1 atom stereocenters. The summed E-state index contributed by atoms with van der Waals surface area (Å²) in [5.74, 6) is 5.18. The van der Waals surface area contributed by atoms with Crippen molar-refractivity contribution in [2.75, 3.05) is 18.9 Å². The van der Waals surface area contributed by atoms with E-state index in [0.717, 1.165) is 12.2 Å². The first-order valence-corrected chi connectivity index (χ1v) is 7.84. The minimum Gasteiger partial charge on any atom is -0.384 e. The summed E-state index contributed by atoms with van der Waals surface area (Å²) in [6, 6.07) is 4.18. The van der Waals surface area contributed by atoms with E-state index in [0.29, 0.717) is 6.54 Å². The van der Waals surface area contributed by atoms with Gasteiger partial charge in [-0.3, -0.25) is 4.79 Å². The van der Waals surface area contributed by atoms with Gasteiger partial charge >= 0.3 is 0 Å². The van der Waals surface area contributed by atoms with Gasteiger partial charge in [0.25, 0.3) is 5.91 Å². The van der Waals surface area contributed by atoms with Crippen LogP contribution < -0.4 is 5.32 Å². The SMILES string of the molecule is CC1(CNC(=O)c2ccc(C#CCO)c(F)c2)CCCS1. The predicted molar refractivity (Wildman–Crippen MR) is 82.8 cm³/mol. The minimum absolute atomic E-state index is 0.0841. The number of rotatable bonds is 3. The van der Waals surface area contributed by atoms with Gasteiger partial charge in [0.05, 0.1) is 5.56 Å². The summed E-state index contributed by atoms with van der Waals surface area (Å²) in [4.78, 5) is 12.1. The molecule has 1 unspecified atom stereocenters. The Hall–Kier alpha value is -1.51. The van der Waals surface area contributed by atoms with E-state index in [1.54, 1.807) is 6.07 Å². The first kappa shape index (κ1) is 15.9. The summed E-state index contributed by atoms with van der Waals surface area (Å²) in [5, 5.41) is 11.5. The van der Waals surface area contributed by atoms with Crippen LogP contribution in [0.15, 0.2) is 18.2 Å². The lowest BCUT2D eigenvalue weighted by molar-refractivity contribution is 0.0949. The van der Waals surface area contributed by atoms with Crippen molar-refractivity contribution in [2.45, 2.75) is 24.5 Å². The van der Waals surface area contributed by atoms with Gasteiger partial charge in [0, 0.05) is 16.9 Å². The standard InChI is InChI=1S/C16H18FNO2S/c1-16(7-3-9-21-16)11-18-15(20)13-6-5-12(4-2-8-19)14(17)10-13/h5-6,10,19H,3,7-9,11H2,1H3,(H,18,20). The zero-order valence-electron chi connectivity index (χ0n) is 11.9. The molecule has 0 bridgehead atoms. The molecule has 0 aliphatic carbocycles. The van der Waals surface area contributed by atoms with Crippen LogP contribution in [0.1, 0.15) is 35.7 Å². The highest BCUT2D eigenvalue weighted by Gasteiger charge is 2.29. The van der Waals surface area contributed by atoms with E-state index in [-0.39, 0.29) is 28.4 Å². The number of aliphatic hydroxyl groups excluding tert-OH is 1. The van der Waals surface area contributed by atoms with E-state index in [9.17, 15) is 9.18 Å². The molecule has 0 spiro atoms. The molecule has 3 nitrogen and oxygen atoms in total. The number of benzene rings is 1. The maximum atomic E-state index is 13.8. The van der Waals surface area contributed by atoms with Gasteiger partial charge in [-0.15, -0.1) is 0 Å². The molecule has 112 valence electrons. The van der Waals surface area contributed by atoms with Gasteiger partial charge in [0.1, 0.15) is 12.4 Å². The number of amides is 1. The van der Waals surface area contributed by atoms with Gasteiger partial charge in [-0.2, -0.15) is 11.8 Å². The molecular weight excluding hydrogens is 289 g/mol. The average molecular weight is 307 g/mol. The fourth-order valence-electron chi connectivity index (χ4n) is 2.24. The van der Waals surface area contributed by atoms with Gasteiger partial charge in [0.2, 0.25) is 0 Å². The zero-order valence-corrected chi connectivity index (χ0v) is 12.7. The fraction of sp³-hybridized carbons (Fsp3) is 0.438. The van der Waals surface area contributed by atoms with Crippen LogP contribution in [0, 0.1) is 17.7 Å². The number of thioether (sulfide) groups is 1. The Kier molecular flexibility index (Phi) is 5.27. The van der Waals surface area contributed by atoms with E-state index in [2.05, 4.69) is 24.1 Å². The number of carbonyl (C=O) groups is 1. The molecule has 1 heterocycles. The Bertz CT molecular complexity index is 586. The monoisotopic (exact) mass is 307 g/mol. The molecule has 1 aliphatic heterocycles. The lowest BCUT2D eigenvalue weighted by atomic mass is 10.1. The lowest BCUT2D eigenvalue weighted by Crippen LogP contribution is -2.36. The van der Waals surface area contributed by atoms with Crippen LogP contribution in [-0.2, 0) is 0 Å². The highest BCUT2D eigenvalue weighted by molar-refractivity contribution is 8.00. The summed E-state index contributed by atoms with van der Waals surface area (Å²) in [7, 11) is 0. The molecular formula is C16H18FNO2S. The second kappa shape index (κ2) is 6.97. The van der Waals surface area contributed by atoms with E-state index < -0.39 is 5.82 Å². The van der Waals surface area contributed by atoms with Crippen LogP contribution in [-0.4, -0.2) is 34.7 Å². The largest absolute Gasteiger partial charge is 0.384 e. The Labute approximate surface area is 128 Å². The highest BCUT2D eigenvalue weighted by Crippen LogP contribution is 2.36. The van der Waals surface area contributed by atoms with Gasteiger partial charge < -0.3 is 10.4 Å². The van der Waals surface area contributed by atoms with Crippen LogP contribution in [0.2, 0.25) is 0 Å². The van der Waals surface area contributed by atoms with Crippen molar-refractivity contribution < 1.29 is 14.3 Å². The number of hydrogen-bond donors (Lipinski definition) is 2. The van der Waals surface area contributed by atoms with Gasteiger partial charge in [-0.25, -0.2) is 4.39 Å². The van der Waals surface area contributed by atoms with Crippen molar-refractivity contribution in [3.8, 4) is 11.8 Å². The third kappa shape index (κ3) is 4.23.